The molecule has 0 aliphatic carbocycles. The minimum atomic E-state index is -0.676. The van der Waals surface area contributed by atoms with Crippen molar-refractivity contribution in [2.45, 2.75) is 59.5 Å². The fourth-order valence-corrected chi connectivity index (χ4v) is 4.03. The smallest absolute Gasteiger partial charge is 0.303 e. The number of carboxylic acids is 1. The van der Waals surface area contributed by atoms with Crippen LogP contribution in [-0.4, -0.2) is 72.4 Å². The molecule has 0 aromatic carbocycles. The summed E-state index contributed by atoms with van der Waals surface area (Å²) >= 11 is 0. The normalized spacial score (nSPS) is 38.3. The van der Waals surface area contributed by atoms with E-state index in [1.165, 1.54) is 0 Å². The van der Waals surface area contributed by atoms with Gasteiger partial charge in [-0.25, -0.2) is 0 Å². The van der Waals surface area contributed by atoms with E-state index in [-0.39, 0.29) is 16.9 Å². The maximum absolute atomic E-state index is 10.7. The van der Waals surface area contributed by atoms with Crippen LogP contribution in [0, 0.1) is 16.7 Å². The lowest BCUT2D eigenvalue weighted by Crippen LogP contribution is -2.48. The van der Waals surface area contributed by atoms with E-state index in [9.17, 15) is 9.90 Å². The third kappa shape index (κ3) is 5.71. The highest BCUT2D eigenvalue weighted by Gasteiger charge is 2.37. The van der Waals surface area contributed by atoms with Crippen LogP contribution in [0.15, 0.2) is 0 Å². The summed E-state index contributed by atoms with van der Waals surface area (Å²) < 4.78 is 0. The molecular weight excluding hydrogens is 304 g/mol. The van der Waals surface area contributed by atoms with Gasteiger partial charge in [0.1, 0.15) is 0 Å². The number of rotatable bonds is 3. The van der Waals surface area contributed by atoms with Gasteiger partial charge in [-0.05, 0) is 51.2 Å². The first-order chi connectivity index (χ1) is 11.0. The molecule has 4 unspecified atom stereocenters. The lowest BCUT2D eigenvalue weighted by Gasteiger charge is -2.43. The molecule has 24 heavy (non-hydrogen) atoms. The molecule has 0 saturated carbocycles. The molecule has 2 N–H and O–H groups in total. The summed E-state index contributed by atoms with van der Waals surface area (Å²) in [6.45, 7) is 12.6. The van der Waals surface area contributed by atoms with Gasteiger partial charge in [-0.3, -0.25) is 4.79 Å². The van der Waals surface area contributed by atoms with E-state index in [1.54, 1.807) is 0 Å². The van der Waals surface area contributed by atoms with Gasteiger partial charge in [0.2, 0.25) is 0 Å². The molecular formula is C19H38N2O3. The van der Waals surface area contributed by atoms with Gasteiger partial charge in [-0.1, -0.05) is 27.7 Å². The number of carbonyl (C=O) groups is 1. The van der Waals surface area contributed by atoms with Crippen LogP contribution in [0.4, 0.5) is 0 Å². The molecule has 2 fully saturated rings. The minimum absolute atomic E-state index is 0.0428. The van der Waals surface area contributed by atoms with Crippen molar-refractivity contribution in [3.8, 4) is 0 Å². The lowest BCUT2D eigenvalue weighted by molar-refractivity contribution is -0.141. The quantitative estimate of drug-likeness (QED) is 0.825. The van der Waals surface area contributed by atoms with Crippen LogP contribution in [-0.2, 0) is 4.79 Å². The monoisotopic (exact) mass is 342 g/mol. The number of aliphatic hydroxyl groups excluding tert-OH is 1. The summed E-state index contributed by atoms with van der Waals surface area (Å²) in [5.74, 6) is -0.163. The molecule has 5 heteroatoms. The second kappa shape index (κ2) is 8.63. The van der Waals surface area contributed by atoms with Crippen molar-refractivity contribution in [3.05, 3.63) is 0 Å². The van der Waals surface area contributed by atoms with Crippen molar-refractivity contribution in [2.24, 2.45) is 16.7 Å². The molecule has 2 heterocycles. The highest BCUT2D eigenvalue weighted by atomic mass is 16.4. The van der Waals surface area contributed by atoms with Crippen LogP contribution < -0.4 is 0 Å². The summed E-state index contributed by atoms with van der Waals surface area (Å²) in [5, 5.41) is 18.5. The number of aliphatic hydroxyl groups is 1. The Balaban J connectivity index is 0.000000243. The second-order valence-electron chi connectivity index (χ2n) is 8.70. The summed E-state index contributed by atoms with van der Waals surface area (Å²) in [6.07, 6.45) is 3.31. The standard InChI is InChI=1S/C10H19NO2.C9H19NO/c1-8-4-5-11(3)7-10(8,2)6-9(12)13;1-4-9(2)7-10(3)6-5-8(9)11/h8H,4-7H2,1-3H3,(H,12,13);8,11H,4-7H2,1-3H3. The Morgan fingerprint density at radius 2 is 1.58 bits per heavy atom. The maximum Gasteiger partial charge on any atom is 0.303 e. The molecule has 2 saturated heterocycles. The van der Waals surface area contributed by atoms with Gasteiger partial charge in [-0.2, -0.15) is 0 Å². The predicted molar refractivity (Wildman–Crippen MR) is 98.2 cm³/mol. The van der Waals surface area contributed by atoms with Gasteiger partial charge in [-0.15, -0.1) is 0 Å². The number of piperidine rings is 2. The van der Waals surface area contributed by atoms with Crippen molar-refractivity contribution in [1.82, 2.24) is 9.80 Å². The third-order valence-electron chi connectivity index (χ3n) is 6.35. The van der Waals surface area contributed by atoms with Crippen molar-refractivity contribution in [2.75, 3.05) is 40.3 Å². The molecule has 0 spiro atoms. The van der Waals surface area contributed by atoms with Crippen LogP contribution in [0.1, 0.15) is 53.4 Å². The molecule has 5 nitrogen and oxygen atoms in total. The Hall–Kier alpha value is -0.650. The number of aliphatic carboxylic acids is 1. The van der Waals surface area contributed by atoms with Gasteiger partial charge in [0.15, 0.2) is 0 Å². The second-order valence-corrected chi connectivity index (χ2v) is 8.70. The van der Waals surface area contributed by atoms with Gasteiger partial charge in [0.05, 0.1) is 12.5 Å². The highest BCUT2D eigenvalue weighted by molar-refractivity contribution is 5.67. The molecule has 0 bridgehead atoms. The van der Waals surface area contributed by atoms with Crippen molar-refractivity contribution in [3.63, 3.8) is 0 Å². The Bertz CT molecular complexity index is 417. The Morgan fingerprint density at radius 3 is 2.04 bits per heavy atom. The average molecular weight is 343 g/mol. The fraction of sp³-hybridized carbons (Fsp3) is 0.947. The minimum Gasteiger partial charge on any atom is -0.481 e. The number of hydrogen-bond acceptors (Lipinski definition) is 4. The van der Waals surface area contributed by atoms with Gasteiger partial charge in [0.25, 0.3) is 0 Å². The van der Waals surface area contributed by atoms with E-state index < -0.39 is 5.97 Å². The molecule has 0 amide bonds. The first-order valence-electron chi connectivity index (χ1n) is 9.29. The molecule has 142 valence electrons. The molecule has 2 aliphatic heterocycles. The Labute approximate surface area is 148 Å². The summed E-state index contributed by atoms with van der Waals surface area (Å²) in [5.41, 5.74) is 0.0891. The topological polar surface area (TPSA) is 64.0 Å². The fourth-order valence-electron chi connectivity index (χ4n) is 4.03. The zero-order valence-electron chi connectivity index (χ0n) is 16.5. The third-order valence-corrected chi connectivity index (χ3v) is 6.35. The van der Waals surface area contributed by atoms with Gasteiger partial charge < -0.3 is 20.0 Å². The number of carboxylic acid groups (broad SMARTS) is 1. The van der Waals surface area contributed by atoms with E-state index in [0.29, 0.717) is 12.3 Å². The van der Waals surface area contributed by atoms with Crippen molar-refractivity contribution < 1.29 is 15.0 Å². The van der Waals surface area contributed by atoms with Crippen LogP contribution >= 0.6 is 0 Å². The first-order valence-corrected chi connectivity index (χ1v) is 9.29. The van der Waals surface area contributed by atoms with E-state index in [0.717, 1.165) is 45.4 Å². The summed E-state index contributed by atoms with van der Waals surface area (Å²) in [6, 6.07) is 0. The molecule has 0 radical (unpaired) electrons. The van der Waals surface area contributed by atoms with E-state index in [1.807, 2.05) is 0 Å². The van der Waals surface area contributed by atoms with E-state index >= 15 is 0 Å². The van der Waals surface area contributed by atoms with Crippen LogP contribution in [0.5, 0.6) is 0 Å². The predicted octanol–water partition coefficient (Wildman–Crippen LogP) is 2.54. The number of likely N-dealkylation sites (tertiary alicyclic amines) is 2. The van der Waals surface area contributed by atoms with Crippen LogP contribution in [0.25, 0.3) is 0 Å². The molecule has 0 aromatic rings. The number of nitrogens with zero attached hydrogens (tertiary/aromatic N) is 2. The largest absolute Gasteiger partial charge is 0.481 e. The molecule has 4 atom stereocenters. The number of hydrogen-bond donors (Lipinski definition) is 2. The Morgan fingerprint density at radius 1 is 1.08 bits per heavy atom. The average Bonchev–Trinajstić information content (AvgIpc) is 2.47. The van der Waals surface area contributed by atoms with Gasteiger partial charge in [0, 0.05) is 25.0 Å². The van der Waals surface area contributed by atoms with Gasteiger partial charge >= 0.3 is 5.97 Å². The summed E-state index contributed by atoms with van der Waals surface area (Å²) in [4.78, 5) is 15.2. The zero-order chi connectivity index (χ0) is 18.5. The first kappa shape index (κ1) is 21.4. The zero-order valence-corrected chi connectivity index (χ0v) is 16.5. The van der Waals surface area contributed by atoms with Crippen molar-refractivity contribution in [1.29, 1.82) is 0 Å². The molecule has 0 aromatic heterocycles. The molecule has 2 rings (SSSR count). The van der Waals surface area contributed by atoms with Crippen LogP contribution in [0.3, 0.4) is 0 Å². The molecule has 2 aliphatic rings. The van der Waals surface area contributed by atoms with E-state index in [2.05, 4.69) is 51.6 Å². The highest BCUT2D eigenvalue weighted by Crippen LogP contribution is 2.37. The van der Waals surface area contributed by atoms with Crippen molar-refractivity contribution >= 4 is 5.97 Å². The summed E-state index contributed by atoms with van der Waals surface area (Å²) in [7, 11) is 4.19. The SMILES string of the molecule is CC1CCN(C)CC1(C)CC(=O)O.CCC1(C)CN(C)CCC1O. The van der Waals surface area contributed by atoms with Crippen LogP contribution in [0.2, 0.25) is 0 Å². The lowest BCUT2D eigenvalue weighted by atomic mass is 9.71. The maximum atomic E-state index is 10.7. The van der Waals surface area contributed by atoms with E-state index in [4.69, 9.17) is 5.11 Å². The Kier molecular flexibility index (Phi) is 7.70.